The first-order valence-corrected chi connectivity index (χ1v) is 12.3. The number of thioether (sulfide) groups is 1. The third kappa shape index (κ3) is 5.23. The maximum atomic E-state index is 12.8. The lowest BCUT2D eigenvalue weighted by Crippen LogP contribution is -2.35. The second-order valence-corrected chi connectivity index (χ2v) is 9.33. The van der Waals surface area contributed by atoms with Gasteiger partial charge < -0.3 is 9.47 Å². The Bertz CT molecular complexity index is 1430. The number of amidine groups is 2. The molecule has 7 nitrogen and oxygen atoms in total. The summed E-state index contributed by atoms with van der Waals surface area (Å²) in [6, 6.07) is 23.2. The normalized spacial score (nSPS) is 16.1. The van der Waals surface area contributed by atoms with Crippen LogP contribution in [-0.4, -0.2) is 40.2 Å². The molecule has 0 aromatic heterocycles. The van der Waals surface area contributed by atoms with Gasteiger partial charge in [-0.3, -0.25) is 10.2 Å². The second-order valence-electron chi connectivity index (χ2n) is 8.38. The number of hydrogen-bond acceptors (Lipinski definition) is 6. The van der Waals surface area contributed by atoms with Crippen molar-refractivity contribution in [2.24, 2.45) is 10.1 Å². The molecule has 0 spiro atoms. The first-order valence-electron chi connectivity index (χ1n) is 11.5. The molecule has 1 N–H and O–H groups in total. The molecule has 8 heteroatoms. The number of aliphatic imine (C=N–C) groups is 1. The van der Waals surface area contributed by atoms with E-state index in [4.69, 9.17) is 14.9 Å². The standard InChI is InChI=1S/C28H24N4O3S/c1-18-9-11-21(12-10-18)27-31-32-25(29)24(26(33)30-28(32)36-27)17-20-6-4-8-23(16-20)35-14-13-34-22-7-3-5-19(2)15-22/h3-12,15-17,29H,13-14H2,1-2H3/b24-17-,29-25?. The van der Waals surface area contributed by atoms with Gasteiger partial charge in [0, 0.05) is 5.56 Å². The number of nitrogens with zero attached hydrogens (tertiary/aromatic N) is 3. The van der Waals surface area contributed by atoms with Gasteiger partial charge in [0.05, 0.1) is 5.57 Å². The molecule has 0 fully saturated rings. The van der Waals surface area contributed by atoms with Crippen LogP contribution in [0.5, 0.6) is 11.5 Å². The first-order chi connectivity index (χ1) is 17.5. The van der Waals surface area contributed by atoms with Crippen LogP contribution in [0.3, 0.4) is 0 Å². The van der Waals surface area contributed by atoms with Crippen LogP contribution in [0, 0.1) is 19.3 Å². The van der Waals surface area contributed by atoms with E-state index in [0.29, 0.717) is 29.2 Å². The number of nitrogens with one attached hydrogen (secondary N) is 1. The summed E-state index contributed by atoms with van der Waals surface area (Å²) in [6.45, 7) is 4.82. The monoisotopic (exact) mass is 496 g/mol. The van der Waals surface area contributed by atoms with E-state index in [1.807, 2.05) is 86.6 Å². The fourth-order valence-corrected chi connectivity index (χ4v) is 4.59. The summed E-state index contributed by atoms with van der Waals surface area (Å²) in [5.74, 6) is 0.988. The summed E-state index contributed by atoms with van der Waals surface area (Å²) in [6.07, 6.45) is 1.64. The first kappa shape index (κ1) is 23.6. The molecule has 2 aliphatic heterocycles. The van der Waals surface area contributed by atoms with Crippen LogP contribution in [0.2, 0.25) is 0 Å². The van der Waals surface area contributed by atoms with Crippen molar-refractivity contribution in [1.82, 2.24) is 5.01 Å². The number of hydrogen-bond donors (Lipinski definition) is 1. The van der Waals surface area contributed by atoms with E-state index in [2.05, 4.69) is 10.1 Å². The van der Waals surface area contributed by atoms with E-state index in [-0.39, 0.29) is 11.4 Å². The number of carbonyl (C=O) groups excluding carboxylic acids is 1. The minimum Gasteiger partial charge on any atom is -0.490 e. The molecule has 2 aliphatic rings. The predicted molar refractivity (Wildman–Crippen MR) is 144 cm³/mol. The van der Waals surface area contributed by atoms with Gasteiger partial charge in [-0.05, 0) is 67.1 Å². The van der Waals surface area contributed by atoms with Gasteiger partial charge in [0.25, 0.3) is 5.91 Å². The Morgan fingerprint density at radius 1 is 0.917 bits per heavy atom. The SMILES string of the molecule is Cc1ccc(C2=NN3C(=N)/C(=C/c4cccc(OCCOc5cccc(C)c5)c4)C(=O)N=C3S2)cc1. The average Bonchev–Trinajstić information content (AvgIpc) is 3.29. The van der Waals surface area contributed by atoms with Crippen molar-refractivity contribution in [3.05, 3.63) is 101 Å². The molecule has 0 radical (unpaired) electrons. The van der Waals surface area contributed by atoms with Gasteiger partial charge >= 0.3 is 0 Å². The maximum absolute atomic E-state index is 12.8. The van der Waals surface area contributed by atoms with Crippen LogP contribution in [-0.2, 0) is 4.79 Å². The van der Waals surface area contributed by atoms with E-state index < -0.39 is 5.91 Å². The number of fused-ring (bicyclic) bond motifs is 1. The molecule has 3 aromatic carbocycles. The van der Waals surface area contributed by atoms with Crippen LogP contribution in [0.25, 0.3) is 6.08 Å². The molecule has 0 unspecified atom stereocenters. The topological polar surface area (TPSA) is 87.3 Å². The van der Waals surface area contributed by atoms with Crippen LogP contribution in [0.4, 0.5) is 0 Å². The van der Waals surface area contributed by atoms with Crippen molar-refractivity contribution in [3.8, 4) is 11.5 Å². The number of aryl methyl sites for hydroxylation is 2. The number of carbonyl (C=O) groups is 1. The highest BCUT2D eigenvalue weighted by molar-refractivity contribution is 8.27. The highest BCUT2D eigenvalue weighted by atomic mass is 32.2. The number of amides is 1. The zero-order valence-electron chi connectivity index (χ0n) is 19.9. The van der Waals surface area contributed by atoms with Crippen molar-refractivity contribution in [3.63, 3.8) is 0 Å². The molecule has 36 heavy (non-hydrogen) atoms. The van der Waals surface area contributed by atoms with Crippen LogP contribution >= 0.6 is 11.8 Å². The summed E-state index contributed by atoms with van der Waals surface area (Å²) < 4.78 is 11.6. The summed E-state index contributed by atoms with van der Waals surface area (Å²) in [5.41, 5.74) is 4.11. The lowest BCUT2D eigenvalue weighted by molar-refractivity contribution is -0.114. The van der Waals surface area contributed by atoms with Crippen molar-refractivity contribution >= 4 is 39.8 Å². The molecule has 0 aliphatic carbocycles. The summed E-state index contributed by atoms with van der Waals surface area (Å²) in [4.78, 5) is 16.9. The van der Waals surface area contributed by atoms with E-state index >= 15 is 0 Å². The van der Waals surface area contributed by atoms with Gasteiger partial charge in [-0.2, -0.15) is 15.1 Å². The molecule has 2 heterocycles. The Kier molecular flexibility index (Phi) is 6.69. The quantitative estimate of drug-likeness (QED) is 0.348. The third-order valence-corrected chi connectivity index (χ3v) is 6.49. The molecular formula is C28H24N4O3S. The maximum Gasteiger partial charge on any atom is 0.283 e. The van der Waals surface area contributed by atoms with E-state index in [9.17, 15) is 4.79 Å². The molecule has 1 amide bonds. The molecule has 5 rings (SSSR count). The van der Waals surface area contributed by atoms with Crippen LogP contribution < -0.4 is 9.47 Å². The number of ether oxygens (including phenoxy) is 2. The van der Waals surface area contributed by atoms with Crippen LogP contribution in [0.15, 0.2) is 88.5 Å². The fraction of sp³-hybridized carbons (Fsp3) is 0.143. The number of benzene rings is 3. The van der Waals surface area contributed by atoms with Gasteiger partial charge in [-0.25, -0.2) is 0 Å². The largest absolute Gasteiger partial charge is 0.490 e. The van der Waals surface area contributed by atoms with Crippen molar-refractivity contribution in [1.29, 1.82) is 5.41 Å². The molecule has 0 bridgehead atoms. The van der Waals surface area contributed by atoms with Gasteiger partial charge in [0.15, 0.2) is 5.84 Å². The van der Waals surface area contributed by atoms with Crippen molar-refractivity contribution < 1.29 is 14.3 Å². The molecular weight excluding hydrogens is 472 g/mol. The van der Waals surface area contributed by atoms with Gasteiger partial charge in [0.2, 0.25) is 5.17 Å². The van der Waals surface area contributed by atoms with E-state index in [0.717, 1.165) is 28.0 Å². The Morgan fingerprint density at radius 3 is 2.33 bits per heavy atom. The average molecular weight is 497 g/mol. The Morgan fingerprint density at radius 2 is 1.61 bits per heavy atom. The lowest BCUT2D eigenvalue weighted by atomic mass is 10.1. The van der Waals surface area contributed by atoms with Crippen molar-refractivity contribution in [2.75, 3.05) is 13.2 Å². The number of rotatable bonds is 7. The summed E-state index contributed by atoms with van der Waals surface area (Å²) in [7, 11) is 0. The Balaban J connectivity index is 1.27. The highest BCUT2D eigenvalue weighted by Crippen LogP contribution is 2.31. The van der Waals surface area contributed by atoms with Gasteiger partial charge in [0.1, 0.15) is 29.8 Å². The van der Waals surface area contributed by atoms with E-state index in [1.54, 1.807) is 6.08 Å². The molecule has 3 aromatic rings. The Labute approximate surface area is 213 Å². The zero-order valence-corrected chi connectivity index (χ0v) is 20.7. The third-order valence-electron chi connectivity index (χ3n) is 5.53. The molecule has 0 saturated carbocycles. The smallest absolute Gasteiger partial charge is 0.283 e. The van der Waals surface area contributed by atoms with Crippen molar-refractivity contribution in [2.45, 2.75) is 13.8 Å². The summed E-state index contributed by atoms with van der Waals surface area (Å²) in [5, 5.41) is 15.7. The molecule has 180 valence electrons. The lowest BCUT2D eigenvalue weighted by Gasteiger charge is -2.20. The molecule has 0 atom stereocenters. The second kappa shape index (κ2) is 10.2. The number of hydrazone groups is 1. The van der Waals surface area contributed by atoms with Gasteiger partial charge in [-0.1, -0.05) is 54.1 Å². The fourth-order valence-electron chi connectivity index (χ4n) is 3.69. The predicted octanol–water partition coefficient (Wildman–Crippen LogP) is 5.43. The minimum absolute atomic E-state index is 0.00233. The minimum atomic E-state index is -0.461. The zero-order chi connectivity index (χ0) is 25.1. The summed E-state index contributed by atoms with van der Waals surface area (Å²) >= 11 is 1.29. The Hall–Kier alpha value is -4.17. The van der Waals surface area contributed by atoms with E-state index in [1.165, 1.54) is 16.8 Å². The highest BCUT2D eigenvalue weighted by Gasteiger charge is 2.36. The van der Waals surface area contributed by atoms with Gasteiger partial charge in [-0.15, -0.1) is 0 Å². The van der Waals surface area contributed by atoms with Crippen LogP contribution in [0.1, 0.15) is 22.3 Å². The molecule has 0 saturated heterocycles.